The molecule has 1 aromatic rings. The number of rotatable bonds is 4. The van der Waals surface area contributed by atoms with Crippen LogP contribution in [0.2, 0.25) is 0 Å². The van der Waals surface area contributed by atoms with Crippen molar-refractivity contribution < 1.29 is 4.79 Å². The maximum Gasteiger partial charge on any atom is 0.321 e. The van der Waals surface area contributed by atoms with Crippen molar-refractivity contribution in [3.05, 3.63) is 0 Å². The van der Waals surface area contributed by atoms with Gasteiger partial charge in [0, 0.05) is 38.3 Å². The van der Waals surface area contributed by atoms with Gasteiger partial charge in [-0.25, -0.2) is 4.79 Å². The van der Waals surface area contributed by atoms with Crippen LogP contribution in [0, 0.1) is 5.92 Å². The highest BCUT2D eigenvalue weighted by molar-refractivity contribution is 7.19. The van der Waals surface area contributed by atoms with E-state index in [0.29, 0.717) is 11.2 Å². The van der Waals surface area contributed by atoms with Crippen LogP contribution in [0.25, 0.3) is 0 Å². The van der Waals surface area contributed by atoms with Gasteiger partial charge in [0.2, 0.25) is 10.3 Å². The first-order chi connectivity index (χ1) is 13.2. The standard InChI is InChI=1S/C19H32N6OS/c1-14-5-4-8-16(13-14)24-9-11-25(12-10-24)19-23-22-18(27-19)21-17(26)20-15-6-2-3-7-15/h14-16H,2-13H2,1H3,(H2,20,21,22,26). The third-order valence-corrected chi connectivity index (χ3v) is 7.23. The second kappa shape index (κ2) is 8.73. The van der Waals surface area contributed by atoms with Gasteiger partial charge in [-0.05, 0) is 31.6 Å². The van der Waals surface area contributed by atoms with Crippen LogP contribution >= 0.6 is 11.3 Å². The topological polar surface area (TPSA) is 73.4 Å². The summed E-state index contributed by atoms with van der Waals surface area (Å²) in [6.07, 6.45) is 10.1. The zero-order valence-corrected chi connectivity index (χ0v) is 17.1. The monoisotopic (exact) mass is 392 g/mol. The smallest absolute Gasteiger partial charge is 0.321 e. The number of anilines is 2. The lowest BCUT2D eigenvalue weighted by molar-refractivity contribution is 0.127. The summed E-state index contributed by atoms with van der Waals surface area (Å²) in [4.78, 5) is 17.1. The summed E-state index contributed by atoms with van der Waals surface area (Å²) in [7, 11) is 0. The molecule has 0 radical (unpaired) electrons. The number of hydrogen-bond donors (Lipinski definition) is 2. The van der Waals surface area contributed by atoms with E-state index in [1.807, 2.05) is 0 Å². The summed E-state index contributed by atoms with van der Waals surface area (Å²) in [6.45, 7) is 6.58. The average molecular weight is 393 g/mol. The van der Waals surface area contributed by atoms with E-state index in [-0.39, 0.29) is 6.03 Å². The molecule has 2 unspecified atom stereocenters. The molecular weight excluding hydrogens is 360 g/mol. The lowest BCUT2D eigenvalue weighted by atomic mass is 9.86. The molecule has 2 N–H and O–H groups in total. The SMILES string of the molecule is CC1CCCC(N2CCN(c3nnc(NC(=O)NC4CCCC4)s3)CC2)C1. The minimum Gasteiger partial charge on any atom is -0.344 e. The molecule has 0 spiro atoms. The number of nitrogens with zero attached hydrogens (tertiary/aromatic N) is 4. The van der Waals surface area contributed by atoms with Crippen LogP contribution in [-0.2, 0) is 0 Å². The van der Waals surface area contributed by atoms with Crippen molar-refractivity contribution in [2.75, 3.05) is 36.4 Å². The highest BCUT2D eigenvalue weighted by atomic mass is 32.1. The predicted octanol–water partition coefficient (Wildman–Crippen LogP) is 3.30. The van der Waals surface area contributed by atoms with Gasteiger partial charge in [0.05, 0.1) is 0 Å². The second-order valence-electron chi connectivity index (χ2n) is 8.42. The Morgan fingerprint density at radius 2 is 1.81 bits per heavy atom. The molecule has 2 saturated carbocycles. The van der Waals surface area contributed by atoms with Gasteiger partial charge in [-0.1, -0.05) is 43.9 Å². The van der Waals surface area contributed by atoms with E-state index in [0.717, 1.165) is 56.1 Å². The molecule has 2 amide bonds. The Morgan fingerprint density at radius 1 is 1.04 bits per heavy atom. The minimum absolute atomic E-state index is 0.152. The van der Waals surface area contributed by atoms with E-state index in [2.05, 4.69) is 37.6 Å². The molecule has 3 aliphatic rings. The number of nitrogens with one attached hydrogen (secondary N) is 2. The molecule has 8 heteroatoms. The number of piperazine rings is 1. The Hall–Kier alpha value is -1.41. The molecule has 1 aliphatic heterocycles. The van der Waals surface area contributed by atoms with Gasteiger partial charge in [0.15, 0.2) is 0 Å². The molecule has 0 bridgehead atoms. The van der Waals surface area contributed by atoms with E-state index in [1.165, 1.54) is 49.9 Å². The van der Waals surface area contributed by atoms with Crippen LogP contribution in [0.3, 0.4) is 0 Å². The lowest BCUT2D eigenvalue weighted by Crippen LogP contribution is -2.51. The van der Waals surface area contributed by atoms with Gasteiger partial charge in [-0.15, -0.1) is 10.2 Å². The highest BCUT2D eigenvalue weighted by Crippen LogP contribution is 2.30. The number of urea groups is 1. The van der Waals surface area contributed by atoms with Crippen molar-refractivity contribution in [1.29, 1.82) is 0 Å². The fourth-order valence-electron chi connectivity index (χ4n) is 4.79. The van der Waals surface area contributed by atoms with Gasteiger partial charge < -0.3 is 10.2 Å². The zero-order valence-electron chi connectivity index (χ0n) is 16.3. The van der Waals surface area contributed by atoms with E-state index < -0.39 is 0 Å². The third kappa shape index (κ3) is 4.90. The average Bonchev–Trinajstić information content (AvgIpc) is 3.34. The first-order valence-electron chi connectivity index (χ1n) is 10.6. The number of carbonyl (C=O) groups excluding carboxylic acids is 1. The Bertz CT molecular complexity index is 623. The van der Waals surface area contributed by atoms with E-state index in [4.69, 9.17) is 0 Å². The van der Waals surface area contributed by atoms with Crippen molar-refractivity contribution in [3.63, 3.8) is 0 Å². The van der Waals surface area contributed by atoms with Crippen LogP contribution in [0.4, 0.5) is 15.1 Å². The third-order valence-electron chi connectivity index (χ3n) is 6.34. The van der Waals surface area contributed by atoms with E-state index in [9.17, 15) is 4.79 Å². The van der Waals surface area contributed by atoms with Crippen molar-refractivity contribution >= 4 is 27.6 Å². The first kappa shape index (κ1) is 18.9. The molecule has 1 aromatic heterocycles. The van der Waals surface area contributed by atoms with Gasteiger partial charge in [-0.2, -0.15) is 0 Å². The summed E-state index contributed by atoms with van der Waals surface area (Å²) in [6, 6.07) is 0.927. The van der Waals surface area contributed by atoms with E-state index in [1.54, 1.807) is 0 Å². The number of hydrogen-bond acceptors (Lipinski definition) is 6. The lowest BCUT2D eigenvalue weighted by Gasteiger charge is -2.41. The van der Waals surface area contributed by atoms with Crippen LogP contribution in [-0.4, -0.2) is 59.4 Å². The fraction of sp³-hybridized carbons (Fsp3) is 0.842. The summed E-state index contributed by atoms with van der Waals surface area (Å²) in [5, 5.41) is 15.9. The summed E-state index contributed by atoms with van der Waals surface area (Å²) in [5.74, 6) is 0.869. The minimum atomic E-state index is -0.152. The summed E-state index contributed by atoms with van der Waals surface area (Å²) >= 11 is 1.48. The van der Waals surface area contributed by atoms with Crippen LogP contribution in [0.15, 0.2) is 0 Å². The molecule has 7 nitrogen and oxygen atoms in total. The largest absolute Gasteiger partial charge is 0.344 e. The molecular formula is C19H32N6OS. The second-order valence-corrected chi connectivity index (χ2v) is 9.37. The van der Waals surface area contributed by atoms with Crippen LogP contribution < -0.4 is 15.5 Å². The molecule has 1 saturated heterocycles. The fourth-order valence-corrected chi connectivity index (χ4v) is 5.59. The van der Waals surface area contributed by atoms with Crippen LogP contribution in [0.1, 0.15) is 58.3 Å². The Morgan fingerprint density at radius 3 is 2.56 bits per heavy atom. The molecule has 2 heterocycles. The Balaban J connectivity index is 1.25. The quantitative estimate of drug-likeness (QED) is 0.822. The molecule has 3 fully saturated rings. The van der Waals surface area contributed by atoms with Crippen LogP contribution in [0.5, 0.6) is 0 Å². The number of amides is 2. The Labute approximate surface area is 165 Å². The maximum absolute atomic E-state index is 12.1. The molecule has 150 valence electrons. The van der Waals surface area contributed by atoms with Gasteiger partial charge in [0.1, 0.15) is 0 Å². The molecule has 2 aliphatic carbocycles. The number of carbonyl (C=O) groups is 1. The first-order valence-corrected chi connectivity index (χ1v) is 11.4. The van der Waals surface area contributed by atoms with Crippen molar-refractivity contribution in [3.8, 4) is 0 Å². The molecule has 2 atom stereocenters. The van der Waals surface area contributed by atoms with Gasteiger partial charge >= 0.3 is 6.03 Å². The summed E-state index contributed by atoms with van der Waals surface area (Å²) in [5.41, 5.74) is 0. The highest BCUT2D eigenvalue weighted by Gasteiger charge is 2.28. The van der Waals surface area contributed by atoms with Gasteiger partial charge in [0.25, 0.3) is 0 Å². The molecule has 4 rings (SSSR count). The number of aromatic nitrogens is 2. The van der Waals surface area contributed by atoms with Crippen molar-refractivity contribution in [2.45, 2.75) is 70.4 Å². The van der Waals surface area contributed by atoms with Gasteiger partial charge in [-0.3, -0.25) is 10.2 Å². The zero-order chi connectivity index (χ0) is 18.6. The Kier molecular flexibility index (Phi) is 6.12. The summed E-state index contributed by atoms with van der Waals surface area (Å²) < 4.78 is 0. The molecule has 27 heavy (non-hydrogen) atoms. The van der Waals surface area contributed by atoms with Crippen molar-refractivity contribution in [2.24, 2.45) is 5.92 Å². The van der Waals surface area contributed by atoms with E-state index >= 15 is 0 Å². The van der Waals surface area contributed by atoms with Crippen molar-refractivity contribution in [1.82, 2.24) is 20.4 Å². The molecule has 0 aromatic carbocycles. The normalized spacial score (nSPS) is 27.7. The predicted molar refractivity (Wildman–Crippen MR) is 110 cm³/mol. The maximum atomic E-state index is 12.1.